The lowest BCUT2D eigenvalue weighted by Crippen LogP contribution is -2.54. The predicted molar refractivity (Wildman–Crippen MR) is 139 cm³/mol. The normalized spacial score (nSPS) is 17.5. The summed E-state index contributed by atoms with van der Waals surface area (Å²) in [6, 6.07) is 12.3. The first kappa shape index (κ1) is 25.0. The minimum Gasteiger partial charge on any atom is -0.486 e. The summed E-state index contributed by atoms with van der Waals surface area (Å²) in [6.07, 6.45) is 3.61. The number of hydrogen-bond acceptors (Lipinski definition) is 5. The van der Waals surface area contributed by atoms with Crippen LogP contribution < -0.4 is 20.7 Å². The number of amides is 3. The van der Waals surface area contributed by atoms with Gasteiger partial charge in [-0.25, -0.2) is 9.78 Å². The number of aryl methyl sites for hydroxylation is 2. The van der Waals surface area contributed by atoms with E-state index in [4.69, 9.17) is 16.3 Å². The van der Waals surface area contributed by atoms with E-state index in [0.29, 0.717) is 21.5 Å². The van der Waals surface area contributed by atoms with Crippen LogP contribution in [0.5, 0.6) is 5.75 Å². The van der Waals surface area contributed by atoms with Gasteiger partial charge in [0.25, 0.3) is 5.91 Å². The second-order valence-electron chi connectivity index (χ2n) is 8.74. The lowest BCUT2D eigenvalue weighted by molar-refractivity contribution is 0.0911. The van der Waals surface area contributed by atoms with Crippen LogP contribution in [0, 0.1) is 13.8 Å². The van der Waals surface area contributed by atoms with Gasteiger partial charge in [0.15, 0.2) is 0 Å². The van der Waals surface area contributed by atoms with Crippen molar-refractivity contribution in [2.45, 2.75) is 58.2 Å². The summed E-state index contributed by atoms with van der Waals surface area (Å²) in [7, 11) is 0. The fraction of sp³-hybridized carbons (Fsp3) is 0.346. The number of rotatable bonds is 7. The summed E-state index contributed by atoms with van der Waals surface area (Å²) in [5, 5.41) is 12.1. The van der Waals surface area contributed by atoms with Crippen LogP contribution in [0.4, 0.5) is 10.5 Å². The highest BCUT2D eigenvalue weighted by atomic mass is 35.5. The minimum absolute atomic E-state index is 0.148. The van der Waals surface area contributed by atoms with Crippen molar-refractivity contribution < 1.29 is 14.3 Å². The number of aromatic nitrogens is 1. The molecule has 0 unspecified atom stereocenters. The number of nitrogens with one attached hydrogen (secondary N) is 3. The fourth-order valence-electron chi connectivity index (χ4n) is 4.03. The van der Waals surface area contributed by atoms with Crippen LogP contribution in [0.1, 0.15) is 52.3 Å². The molecule has 2 aromatic carbocycles. The zero-order chi connectivity index (χ0) is 24.8. The predicted octanol–water partition coefficient (Wildman–Crippen LogP) is 5.86. The zero-order valence-electron chi connectivity index (χ0n) is 19.8. The third kappa shape index (κ3) is 6.96. The minimum atomic E-state index is -0.269. The molecule has 1 fully saturated rings. The Morgan fingerprint density at radius 3 is 2.46 bits per heavy atom. The first-order valence-corrected chi connectivity index (χ1v) is 12.9. The molecule has 1 aromatic heterocycles. The summed E-state index contributed by atoms with van der Waals surface area (Å²) in [5.74, 6) is 0.443. The van der Waals surface area contributed by atoms with Crippen molar-refractivity contribution in [3.8, 4) is 5.75 Å². The first-order valence-electron chi connectivity index (χ1n) is 11.7. The van der Waals surface area contributed by atoms with Gasteiger partial charge in [-0.2, -0.15) is 0 Å². The van der Waals surface area contributed by atoms with Crippen LogP contribution in [0.25, 0.3) is 0 Å². The Balaban J connectivity index is 1.31. The number of ether oxygens (including phenoxy) is 1. The van der Waals surface area contributed by atoms with Crippen LogP contribution in [-0.4, -0.2) is 29.0 Å². The monoisotopic (exact) mass is 512 g/mol. The van der Waals surface area contributed by atoms with Crippen molar-refractivity contribution in [2.24, 2.45) is 0 Å². The summed E-state index contributed by atoms with van der Waals surface area (Å²) in [6.45, 7) is 4.32. The summed E-state index contributed by atoms with van der Waals surface area (Å²) >= 11 is 7.27. The number of urea groups is 1. The van der Waals surface area contributed by atoms with E-state index in [0.717, 1.165) is 36.9 Å². The van der Waals surface area contributed by atoms with E-state index in [9.17, 15) is 9.59 Å². The molecule has 7 nitrogen and oxygen atoms in total. The highest BCUT2D eigenvalue weighted by Crippen LogP contribution is 2.21. The number of thiazole rings is 1. The number of hydrogen-bond donors (Lipinski definition) is 3. The molecule has 4 rings (SSSR count). The second-order valence-corrected chi connectivity index (χ2v) is 10.1. The lowest BCUT2D eigenvalue weighted by Gasteiger charge is -2.32. The van der Waals surface area contributed by atoms with Gasteiger partial charge in [0.05, 0.1) is 6.04 Å². The maximum Gasteiger partial charge on any atom is 0.319 e. The van der Waals surface area contributed by atoms with Crippen LogP contribution in [0.15, 0.2) is 47.8 Å². The van der Waals surface area contributed by atoms with Crippen molar-refractivity contribution in [1.82, 2.24) is 15.6 Å². The molecule has 0 radical (unpaired) electrons. The van der Waals surface area contributed by atoms with Gasteiger partial charge in [-0.05, 0) is 74.2 Å². The van der Waals surface area contributed by atoms with Crippen molar-refractivity contribution >= 4 is 40.6 Å². The van der Waals surface area contributed by atoms with E-state index in [1.807, 2.05) is 32.0 Å². The van der Waals surface area contributed by atoms with Crippen LogP contribution in [0.3, 0.4) is 0 Å². The van der Waals surface area contributed by atoms with Crippen molar-refractivity contribution in [2.75, 3.05) is 5.32 Å². The third-order valence-electron chi connectivity index (χ3n) is 6.12. The molecule has 3 aromatic rings. The molecule has 0 spiro atoms. The average molecular weight is 513 g/mol. The fourth-order valence-corrected chi connectivity index (χ4v) is 4.84. The maximum atomic E-state index is 12.9. The van der Waals surface area contributed by atoms with Crippen LogP contribution in [-0.2, 0) is 6.61 Å². The van der Waals surface area contributed by atoms with E-state index in [-0.39, 0.29) is 30.6 Å². The van der Waals surface area contributed by atoms with Gasteiger partial charge in [-0.1, -0.05) is 30.5 Å². The lowest BCUT2D eigenvalue weighted by atomic mass is 9.90. The number of carbonyl (C=O) groups is 2. The zero-order valence-corrected chi connectivity index (χ0v) is 21.3. The molecule has 1 heterocycles. The standard InChI is InChI=1S/C26H29ClN4O3S/c1-16-7-10-19(13-17(16)2)28-26(33)31-22-6-4-3-5-21(22)30-25(32)23-15-35-24(29-23)14-34-20-11-8-18(27)9-12-20/h7-13,15,21-22H,3-6,14H2,1-2H3,(H,30,32)(H2,28,31,33)/t21-,22-/m0/s1. The van der Waals surface area contributed by atoms with Gasteiger partial charge < -0.3 is 20.7 Å². The van der Waals surface area contributed by atoms with Gasteiger partial charge in [0.1, 0.15) is 23.1 Å². The Morgan fingerprint density at radius 1 is 1.03 bits per heavy atom. The van der Waals surface area contributed by atoms with E-state index >= 15 is 0 Å². The molecule has 1 saturated carbocycles. The second kappa shape index (κ2) is 11.6. The van der Waals surface area contributed by atoms with Crippen molar-refractivity contribution in [3.63, 3.8) is 0 Å². The van der Waals surface area contributed by atoms with Gasteiger partial charge in [-0.3, -0.25) is 4.79 Å². The average Bonchev–Trinajstić information content (AvgIpc) is 3.32. The maximum absolute atomic E-state index is 12.9. The smallest absolute Gasteiger partial charge is 0.319 e. The summed E-state index contributed by atoms with van der Waals surface area (Å²) < 4.78 is 5.72. The Morgan fingerprint density at radius 2 is 1.74 bits per heavy atom. The van der Waals surface area contributed by atoms with Gasteiger partial charge >= 0.3 is 6.03 Å². The molecular formula is C26H29ClN4O3S. The molecule has 0 bridgehead atoms. The largest absolute Gasteiger partial charge is 0.486 e. The Hall–Kier alpha value is -3.10. The molecule has 3 N–H and O–H groups in total. The number of halogens is 1. The Kier molecular flexibility index (Phi) is 8.25. The molecule has 1 aliphatic rings. The van der Waals surface area contributed by atoms with Crippen molar-refractivity contribution in [3.05, 3.63) is 74.7 Å². The number of benzene rings is 2. The molecule has 2 atom stereocenters. The third-order valence-corrected chi connectivity index (χ3v) is 7.20. The van der Waals surface area contributed by atoms with Gasteiger partial charge in [0.2, 0.25) is 0 Å². The molecule has 9 heteroatoms. The van der Waals surface area contributed by atoms with E-state index in [1.54, 1.807) is 29.6 Å². The SMILES string of the molecule is Cc1ccc(NC(=O)N[C@H]2CCCC[C@@H]2NC(=O)c2csc(COc3ccc(Cl)cc3)n2)cc1C. The molecule has 3 amide bonds. The molecule has 0 aliphatic heterocycles. The Labute approximate surface area is 214 Å². The van der Waals surface area contributed by atoms with Crippen LogP contribution in [0.2, 0.25) is 5.02 Å². The highest BCUT2D eigenvalue weighted by Gasteiger charge is 2.28. The highest BCUT2D eigenvalue weighted by molar-refractivity contribution is 7.09. The van der Waals surface area contributed by atoms with Gasteiger partial charge in [-0.15, -0.1) is 11.3 Å². The van der Waals surface area contributed by atoms with E-state index < -0.39 is 0 Å². The topological polar surface area (TPSA) is 92.4 Å². The number of carbonyl (C=O) groups excluding carboxylic acids is 2. The summed E-state index contributed by atoms with van der Waals surface area (Å²) in [4.78, 5) is 29.9. The Bertz CT molecular complexity index is 1180. The molecule has 0 saturated heterocycles. The molecular weight excluding hydrogens is 484 g/mol. The van der Waals surface area contributed by atoms with Gasteiger partial charge in [0, 0.05) is 22.1 Å². The van der Waals surface area contributed by atoms with Crippen LogP contribution >= 0.6 is 22.9 Å². The number of anilines is 1. The molecule has 1 aliphatic carbocycles. The molecule has 35 heavy (non-hydrogen) atoms. The van der Waals surface area contributed by atoms with E-state index in [2.05, 4.69) is 20.9 Å². The first-order chi connectivity index (χ1) is 16.9. The molecule has 184 valence electrons. The van der Waals surface area contributed by atoms with E-state index in [1.165, 1.54) is 16.9 Å². The quantitative estimate of drug-likeness (QED) is 0.370. The van der Waals surface area contributed by atoms with Crippen molar-refractivity contribution in [1.29, 1.82) is 0 Å². The summed E-state index contributed by atoms with van der Waals surface area (Å²) in [5.41, 5.74) is 3.39. The number of nitrogens with zero attached hydrogens (tertiary/aromatic N) is 1.